The molecule has 138 valence electrons. The lowest BCUT2D eigenvalue weighted by atomic mass is 10.1. The number of tetrazole rings is 1. The van der Waals surface area contributed by atoms with Crippen LogP contribution in [0.1, 0.15) is 50.3 Å². The van der Waals surface area contributed by atoms with E-state index >= 15 is 0 Å². The number of benzene rings is 1. The molecule has 0 bridgehead atoms. The Hall–Kier alpha value is -2.29. The average Bonchev–Trinajstić information content (AvgIpc) is 3.39. The van der Waals surface area contributed by atoms with Crippen molar-refractivity contribution in [1.82, 2.24) is 25.5 Å². The highest BCUT2D eigenvalue weighted by Crippen LogP contribution is 2.34. The first-order valence-electron chi connectivity index (χ1n) is 8.80. The van der Waals surface area contributed by atoms with Crippen LogP contribution in [0.5, 0.6) is 11.5 Å². The number of carbonyl (C=O) groups is 1. The van der Waals surface area contributed by atoms with Crippen molar-refractivity contribution in [3.05, 3.63) is 23.8 Å². The number of thioether (sulfide) groups is 1. The zero-order chi connectivity index (χ0) is 17.9. The molecule has 9 heteroatoms. The molecule has 1 aromatic heterocycles. The average molecular weight is 375 g/mol. The van der Waals surface area contributed by atoms with Crippen LogP contribution >= 0.6 is 11.8 Å². The van der Waals surface area contributed by atoms with Gasteiger partial charge in [-0.25, -0.2) is 4.68 Å². The van der Waals surface area contributed by atoms with Crippen molar-refractivity contribution < 1.29 is 14.3 Å². The van der Waals surface area contributed by atoms with Crippen LogP contribution in [0, 0.1) is 0 Å². The van der Waals surface area contributed by atoms with Gasteiger partial charge in [-0.05, 0) is 47.9 Å². The van der Waals surface area contributed by atoms with Crippen molar-refractivity contribution in [1.29, 1.82) is 0 Å². The zero-order valence-corrected chi connectivity index (χ0v) is 15.4. The molecule has 2 heterocycles. The van der Waals surface area contributed by atoms with Gasteiger partial charge >= 0.3 is 0 Å². The Bertz CT molecular complexity index is 790. The van der Waals surface area contributed by atoms with E-state index in [2.05, 4.69) is 20.8 Å². The van der Waals surface area contributed by atoms with Crippen molar-refractivity contribution in [2.45, 2.75) is 49.8 Å². The molecule has 8 nitrogen and oxygen atoms in total. The SMILES string of the molecule is CC(NC(=O)CSc1nnnn1C1CCCC1)c1ccc2c(c1)OCO2. The fourth-order valence-corrected chi connectivity index (χ4v) is 4.09. The van der Waals surface area contributed by atoms with Crippen molar-refractivity contribution >= 4 is 17.7 Å². The molecule has 1 aliphatic carbocycles. The van der Waals surface area contributed by atoms with Gasteiger partial charge in [-0.15, -0.1) is 5.10 Å². The van der Waals surface area contributed by atoms with E-state index in [0.29, 0.717) is 16.9 Å². The second-order valence-corrected chi connectivity index (χ2v) is 7.48. The quantitative estimate of drug-likeness (QED) is 0.776. The summed E-state index contributed by atoms with van der Waals surface area (Å²) < 4.78 is 12.6. The monoisotopic (exact) mass is 375 g/mol. The van der Waals surface area contributed by atoms with Gasteiger partial charge in [-0.3, -0.25) is 4.79 Å². The number of rotatable bonds is 6. The fourth-order valence-electron chi connectivity index (χ4n) is 3.34. The number of nitrogens with one attached hydrogen (secondary N) is 1. The molecule has 4 rings (SSSR count). The zero-order valence-electron chi connectivity index (χ0n) is 14.6. The van der Waals surface area contributed by atoms with Crippen LogP contribution in [0.4, 0.5) is 0 Å². The van der Waals surface area contributed by atoms with Crippen LogP contribution in [-0.4, -0.2) is 38.7 Å². The Morgan fingerprint density at radius 2 is 2.15 bits per heavy atom. The highest BCUT2D eigenvalue weighted by molar-refractivity contribution is 7.99. The molecular formula is C17H21N5O3S. The number of amides is 1. The van der Waals surface area contributed by atoms with Gasteiger partial charge in [0.15, 0.2) is 11.5 Å². The molecule has 0 spiro atoms. The van der Waals surface area contributed by atoms with Gasteiger partial charge in [0.1, 0.15) is 0 Å². The fraction of sp³-hybridized carbons (Fsp3) is 0.529. The maximum atomic E-state index is 12.3. The summed E-state index contributed by atoms with van der Waals surface area (Å²) in [5.74, 6) is 1.68. The normalized spacial score (nSPS) is 17.4. The molecule has 1 saturated carbocycles. The Labute approximate surface area is 155 Å². The number of aromatic nitrogens is 4. The highest BCUT2D eigenvalue weighted by atomic mass is 32.2. The lowest BCUT2D eigenvalue weighted by Gasteiger charge is -2.15. The number of hydrogen-bond donors (Lipinski definition) is 1. The predicted octanol–water partition coefficient (Wildman–Crippen LogP) is 2.49. The third kappa shape index (κ3) is 3.62. The largest absolute Gasteiger partial charge is 0.454 e. The summed E-state index contributed by atoms with van der Waals surface area (Å²) in [7, 11) is 0. The van der Waals surface area contributed by atoms with Gasteiger partial charge in [-0.2, -0.15) is 0 Å². The lowest BCUT2D eigenvalue weighted by Crippen LogP contribution is -2.28. The number of fused-ring (bicyclic) bond motifs is 1. The van der Waals surface area contributed by atoms with Gasteiger partial charge < -0.3 is 14.8 Å². The number of ether oxygens (including phenoxy) is 2. The summed E-state index contributed by atoms with van der Waals surface area (Å²) in [6, 6.07) is 5.95. The molecule has 26 heavy (non-hydrogen) atoms. The lowest BCUT2D eigenvalue weighted by molar-refractivity contribution is -0.119. The molecule has 2 aliphatic rings. The van der Waals surface area contributed by atoms with Crippen LogP contribution in [-0.2, 0) is 4.79 Å². The Balaban J connectivity index is 1.32. The molecule has 0 saturated heterocycles. The third-order valence-corrected chi connectivity index (χ3v) is 5.67. The molecule has 1 atom stereocenters. The second kappa shape index (κ2) is 7.53. The van der Waals surface area contributed by atoms with Crippen LogP contribution < -0.4 is 14.8 Å². The van der Waals surface area contributed by atoms with Gasteiger partial charge in [0, 0.05) is 0 Å². The van der Waals surface area contributed by atoms with Gasteiger partial charge in [0.05, 0.1) is 17.8 Å². The molecule has 1 amide bonds. The van der Waals surface area contributed by atoms with Crippen LogP contribution in [0.3, 0.4) is 0 Å². The molecule has 0 radical (unpaired) electrons. The third-order valence-electron chi connectivity index (χ3n) is 4.74. The summed E-state index contributed by atoms with van der Waals surface area (Å²) in [4.78, 5) is 12.3. The minimum absolute atomic E-state index is 0.0545. The van der Waals surface area contributed by atoms with E-state index in [9.17, 15) is 4.79 Å². The minimum atomic E-state index is -0.122. The van der Waals surface area contributed by atoms with E-state index in [0.717, 1.165) is 24.2 Å². The van der Waals surface area contributed by atoms with Crippen molar-refractivity contribution in [3.8, 4) is 11.5 Å². The molecular weight excluding hydrogens is 354 g/mol. The summed E-state index contributed by atoms with van der Waals surface area (Å²) in [6.07, 6.45) is 4.63. The molecule has 1 aromatic carbocycles. The Morgan fingerprint density at radius 3 is 3.00 bits per heavy atom. The van der Waals surface area contributed by atoms with Crippen molar-refractivity contribution in [2.75, 3.05) is 12.5 Å². The van der Waals surface area contributed by atoms with E-state index in [1.807, 2.05) is 29.8 Å². The first-order valence-corrected chi connectivity index (χ1v) is 9.79. The smallest absolute Gasteiger partial charge is 0.231 e. The predicted molar refractivity (Wildman–Crippen MR) is 95.2 cm³/mol. The highest BCUT2D eigenvalue weighted by Gasteiger charge is 2.22. The van der Waals surface area contributed by atoms with Gasteiger partial charge in [-0.1, -0.05) is 30.7 Å². The maximum Gasteiger partial charge on any atom is 0.231 e. The molecule has 1 fully saturated rings. The second-order valence-electron chi connectivity index (χ2n) is 6.53. The van der Waals surface area contributed by atoms with E-state index in [-0.39, 0.29) is 24.5 Å². The summed E-state index contributed by atoms with van der Waals surface area (Å²) in [6.45, 7) is 2.19. The summed E-state index contributed by atoms with van der Waals surface area (Å²) in [5, 5.41) is 15.6. The standard InChI is InChI=1S/C17H21N5O3S/c1-11(12-6-7-14-15(8-12)25-10-24-14)18-16(23)9-26-17-19-20-21-22(17)13-4-2-3-5-13/h6-8,11,13H,2-5,9-10H2,1H3,(H,18,23). The molecule has 2 aromatic rings. The van der Waals surface area contributed by atoms with Gasteiger partial charge in [0.25, 0.3) is 0 Å². The van der Waals surface area contributed by atoms with Crippen LogP contribution in [0.2, 0.25) is 0 Å². The number of carbonyl (C=O) groups excluding carboxylic acids is 1. The minimum Gasteiger partial charge on any atom is -0.454 e. The molecule has 1 N–H and O–H groups in total. The van der Waals surface area contributed by atoms with E-state index in [4.69, 9.17) is 9.47 Å². The number of hydrogen-bond acceptors (Lipinski definition) is 7. The molecule has 1 aliphatic heterocycles. The van der Waals surface area contributed by atoms with Crippen LogP contribution in [0.25, 0.3) is 0 Å². The number of nitrogens with zero attached hydrogens (tertiary/aromatic N) is 4. The first-order chi connectivity index (χ1) is 12.7. The summed E-state index contributed by atoms with van der Waals surface area (Å²) in [5.41, 5.74) is 0.975. The van der Waals surface area contributed by atoms with E-state index in [1.54, 1.807) is 0 Å². The molecule has 1 unspecified atom stereocenters. The van der Waals surface area contributed by atoms with Crippen molar-refractivity contribution in [3.63, 3.8) is 0 Å². The van der Waals surface area contributed by atoms with Gasteiger partial charge in [0.2, 0.25) is 17.9 Å². The van der Waals surface area contributed by atoms with Crippen molar-refractivity contribution in [2.24, 2.45) is 0 Å². The first kappa shape index (κ1) is 17.1. The maximum absolute atomic E-state index is 12.3. The summed E-state index contributed by atoms with van der Waals surface area (Å²) >= 11 is 1.38. The van der Waals surface area contributed by atoms with Crippen LogP contribution in [0.15, 0.2) is 23.4 Å². The Kier molecular flexibility index (Phi) is 4.96. The Morgan fingerprint density at radius 1 is 1.35 bits per heavy atom. The van der Waals surface area contributed by atoms with E-state index < -0.39 is 0 Å². The topological polar surface area (TPSA) is 91.2 Å². The van der Waals surface area contributed by atoms with E-state index in [1.165, 1.54) is 24.6 Å².